The van der Waals surface area contributed by atoms with Crippen LogP contribution in [-0.4, -0.2) is 41.6 Å². The van der Waals surface area contributed by atoms with E-state index in [2.05, 4.69) is 5.32 Å². The number of thioether (sulfide) groups is 1. The summed E-state index contributed by atoms with van der Waals surface area (Å²) in [5.74, 6) is 0.879. The molecule has 0 aliphatic carbocycles. The molecule has 2 aromatic rings. The Morgan fingerprint density at radius 2 is 1.82 bits per heavy atom. The maximum atomic E-state index is 12.9. The van der Waals surface area contributed by atoms with Gasteiger partial charge in [0.1, 0.15) is 6.04 Å². The molecule has 1 N–H and O–H groups in total. The summed E-state index contributed by atoms with van der Waals surface area (Å²) in [6, 6.07) is 17.1. The highest BCUT2D eigenvalue weighted by Gasteiger charge is 2.25. The second kappa shape index (κ2) is 11.8. The fourth-order valence-corrected chi connectivity index (χ4v) is 3.93. The molecule has 0 aliphatic rings. The van der Waals surface area contributed by atoms with E-state index in [1.165, 1.54) is 11.8 Å². The van der Waals surface area contributed by atoms with Gasteiger partial charge in [0.15, 0.2) is 0 Å². The Morgan fingerprint density at radius 1 is 1.11 bits per heavy atom. The molecule has 0 saturated heterocycles. The third kappa shape index (κ3) is 7.21. The zero-order valence-corrected chi connectivity index (χ0v) is 17.9. The Bertz CT molecular complexity index is 770. The molecule has 0 radical (unpaired) electrons. The number of nitrogens with one attached hydrogen (secondary N) is 1. The molecule has 4 nitrogen and oxygen atoms in total. The minimum atomic E-state index is -0.497. The number of carbonyl (C=O) groups excluding carboxylic acids is 2. The lowest BCUT2D eigenvalue weighted by molar-refractivity contribution is -0.137. The number of carbonyl (C=O) groups is 2. The number of nitrogens with zero attached hydrogens (tertiary/aromatic N) is 1. The third-order valence-corrected chi connectivity index (χ3v) is 5.61. The molecule has 0 aliphatic heterocycles. The molecule has 0 saturated carbocycles. The van der Waals surface area contributed by atoms with Gasteiger partial charge in [-0.3, -0.25) is 9.59 Å². The second-order valence-corrected chi connectivity index (χ2v) is 7.94. The number of hydrogen-bond acceptors (Lipinski definition) is 3. The van der Waals surface area contributed by atoms with Gasteiger partial charge in [-0.1, -0.05) is 54.1 Å². The summed E-state index contributed by atoms with van der Waals surface area (Å²) in [6.45, 7) is 4.73. The van der Waals surface area contributed by atoms with E-state index in [1.54, 1.807) is 11.8 Å². The van der Waals surface area contributed by atoms with Crippen LogP contribution in [0.3, 0.4) is 0 Å². The summed E-state index contributed by atoms with van der Waals surface area (Å²) >= 11 is 7.55. The fraction of sp³-hybridized carbons (Fsp3) is 0.364. The summed E-state index contributed by atoms with van der Waals surface area (Å²) in [5.41, 5.74) is 2.23. The van der Waals surface area contributed by atoms with Crippen molar-refractivity contribution in [3.05, 3.63) is 70.7 Å². The van der Waals surface area contributed by atoms with E-state index in [1.807, 2.05) is 61.5 Å². The smallest absolute Gasteiger partial charge is 0.242 e. The van der Waals surface area contributed by atoms with Gasteiger partial charge in [-0.25, -0.2) is 0 Å². The van der Waals surface area contributed by atoms with Crippen molar-refractivity contribution in [2.24, 2.45) is 0 Å². The van der Waals surface area contributed by atoms with Crippen LogP contribution in [0.25, 0.3) is 0 Å². The van der Waals surface area contributed by atoms with E-state index >= 15 is 0 Å². The van der Waals surface area contributed by atoms with Gasteiger partial charge in [0.25, 0.3) is 0 Å². The molecule has 0 spiro atoms. The quantitative estimate of drug-likeness (QED) is 0.630. The number of likely N-dealkylation sites (N-methyl/N-ethyl adjacent to an activating group) is 1. The fourth-order valence-electron chi connectivity index (χ4n) is 2.86. The van der Waals surface area contributed by atoms with Crippen molar-refractivity contribution >= 4 is 35.2 Å². The topological polar surface area (TPSA) is 49.4 Å². The van der Waals surface area contributed by atoms with E-state index in [0.717, 1.165) is 17.5 Å². The molecule has 0 fully saturated rings. The van der Waals surface area contributed by atoms with Crippen LogP contribution < -0.4 is 5.32 Å². The highest BCUT2D eigenvalue weighted by molar-refractivity contribution is 7.99. The van der Waals surface area contributed by atoms with Gasteiger partial charge in [0, 0.05) is 23.9 Å². The minimum Gasteiger partial charge on any atom is -0.355 e. The van der Waals surface area contributed by atoms with Crippen LogP contribution >= 0.6 is 23.4 Å². The van der Waals surface area contributed by atoms with E-state index in [0.29, 0.717) is 29.6 Å². The summed E-state index contributed by atoms with van der Waals surface area (Å²) in [4.78, 5) is 26.9. The van der Waals surface area contributed by atoms with Gasteiger partial charge in [0.2, 0.25) is 11.8 Å². The van der Waals surface area contributed by atoms with E-state index in [-0.39, 0.29) is 11.8 Å². The molecule has 0 unspecified atom stereocenters. The highest BCUT2D eigenvalue weighted by atomic mass is 35.5. The maximum absolute atomic E-state index is 12.9. The van der Waals surface area contributed by atoms with E-state index in [4.69, 9.17) is 11.6 Å². The zero-order chi connectivity index (χ0) is 20.4. The van der Waals surface area contributed by atoms with Crippen molar-refractivity contribution in [1.29, 1.82) is 0 Å². The molecule has 6 heteroatoms. The third-order valence-electron chi connectivity index (χ3n) is 4.39. The molecular weight excluding hydrogens is 392 g/mol. The van der Waals surface area contributed by atoms with Crippen molar-refractivity contribution in [3.63, 3.8) is 0 Å². The molecule has 2 rings (SSSR count). The first-order valence-electron chi connectivity index (χ1n) is 9.44. The van der Waals surface area contributed by atoms with Crippen LogP contribution in [0.4, 0.5) is 0 Å². The second-order valence-electron chi connectivity index (χ2n) is 6.52. The SMILES string of the molecule is CCNC(=O)[C@H](C)N(CCc1ccccc1)C(=O)CSCc1cccc(Cl)c1. The molecular formula is C22H27ClN2O2S. The lowest BCUT2D eigenvalue weighted by atomic mass is 10.1. The molecule has 0 heterocycles. The van der Waals surface area contributed by atoms with Gasteiger partial charge in [0.05, 0.1) is 5.75 Å². The standard InChI is InChI=1S/C22H27ClN2O2S/c1-3-24-22(27)17(2)25(13-12-18-8-5-4-6-9-18)21(26)16-28-15-19-10-7-11-20(23)14-19/h4-11,14,17H,3,12-13,15-16H2,1-2H3,(H,24,27)/t17-/m0/s1. The molecule has 0 bridgehead atoms. The largest absolute Gasteiger partial charge is 0.355 e. The minimum absolute atomic E-state index is 0.0262. The Kier molecular flexibility index (Phi) is 9.38. The summed E-state index contributed by atoms with van der Waals surface area (Å²) in [6.07, 6.45) is 0.718. The number of benzene rings is 2. The first-order chi connectivity index (χ1) is 13.5. The average molecular weight is 419 g/mol. The van der Waals surface area contributed by atoms with Gasteiger partial charge in [-0.15, -0.1) is 11.8 Å². The number of amides is 2. The van der Waals surface area contributed by atoms with Crippen LogP contribution in [0.2, 0.25) is 5.02 Å². The average Bonchev–Trinajstić information content (AvgIpc) is 2.69. The summed E-state index contributed by atoms with van der Waals surface area (Å²) in [7, 11) is 0. The van der Waals surface area contributed by atoms with Crippen LogP contribution in [0, 0.1) is 0 Å². The maximum Gasteiger partial charge on any atom is 0.242 e. The number of hydrogen-bond donors (Lipinski definition) is 1. The van der Waals surface area contributed by atoms with Crippen LogP contribution in [0.15, 0.2) is 54.6 Å². The predicted molar refractivity (Wildman–Crippen MR) is 118 cm³/mol. The number of halogens is 1. The van der Waals surface area contributed by atoms with Crippen molar-refractivity contribution in [2.45, 2.75) is 32.1 Å². The van der Waals surface area contributed by atoms with Crippen molar-refractivity contribution in [3.8, 4) is 0 Å². The van der Waals surface area contributed by atoms with Crippen LogP contribution in [0.5, 0.6) is 0 Å². The monoisotopic (exact) mass is 418 g/mol. The lowest BCUT2D eigenvalue weighted by Gasteiger charge is -2.28. The molecule has 28 heavy (non-hydrogen) atoms. The van der Waals surface area contributed by atoms with Crippen LogP contribution in [-0.2, 0) is 21.8 Å². The Labute approximate surface area is 176 Å². The summed E-state index contributed by atoms with van der Waals surface area (Å²) in [5, 5.41) is 3.51. The first kappa shape index (κ1) is 22.3. The Balaban J connectivity index is 1.97. The van der Waals surface area contributed by atoms with Crippen LogP contribution in [0.1, 0.15) is 25.0 Å². The van der Waals surface area contributed by atoms with Crippen molar-refractivity contribution in [2.75, 3.05) is 18.8 Å². The summed E-state index contributed by atoms with van der Waals surface area (Å²) < 4.78 is 0. The van der Waals surface area contributed by atoms with Crippen molar-refractivity contribution in [1.82, 2.24) is 10.2 Å². The normalized spacial score (nSPS) is 11.7. The van der Waals surface area contributed by atoms with E-state index < -0.39 is 6.04 Å². The Hall–Kier alpha value is -1.98. The van der Waals surface area contributed by atoms with Crippen molar-refractivity contribution < 1.29 is 9.59 Å². The van der Waals surface area contributed by atoms with E-state index in [9.17, 15) is 9.59 Å². The first-order valence-corrected chi connectivity index (χ1v) is 11.0. The molecule has 2 amide bonds. The molecule has 150 valence electrons. The molecule has 2 aromatic carbocycles. The number of rotatable bonds is 10. The Morgan fingerprint density at radius 3 is 2.50 bits per heavy atom. The lowest BCUT2D eigenvalue weighted by Crippen LogP contribution is -2.49. The van der Waals surface area contributed by atoms with Gasteiger partial charge < -0.3 is 10.2 Å². The van der Waals surface area contributed by atoms with Gasteiger partial charge in [-0.05, 0) is 43.5 Å². The molecule has 0 aromatic heterocycles. The van der Waals surface area contributed by atoms with Gasteiger partial charge in [-0.2, -0.15) is 0 Å². The van der Waals surface area contributed by atoms with Gasteiger partial charge >= 0.3 is 0 Å². The molecule has 1 atom stereocenters. The highest BCUT2D eigenvalue weighted by Crippen LogP contribution is 2.17. The predicted octanol–water partition coefficient (Wildman–Crippen LogP) is 4.17. The zero-order valence-electron chi connectivity index (χ0n) is 16.4.